The molecule has 3 nitrogen and oxygen atoms in total. The number of hydrogen-bond acceptors (Lipinski definition) is 3. The minimum atomic E-state index is -1.06. The topological polar surface area (TPSA) is 63.3 Å². The lowest BCUT2D eigenvalue weighted by Crippen LogP contribution is -2.28. The molecule has 15 heavy (non-hydrogen) atoms. The third-order valence-electron chi connectivity index (χ3n) is 2.15. The molecule has 0 aliphatic heterocycles. The van der Waals surface area contributed by atoms with Gasteiger partial charge in [-0.1, -0.05) is 17.7 Å². The molecule has 0 aromatic heterocycles. The van der Waals surface area contributed by atoms with Gasteiger partial charge in [-0.25, -0.2) is 0 Å². The van der Waals surface area contributed by atoms with Crippen molar-refractivity contribution in [3.63, 3.8) is 0 Å². The Morgan fingerprint density at radius 3 is 2.53 bits per heavy atom. The first kappa shape index (κ1) is 12.4. The van der Waals surface area contributed by atoms with Gasteiger partial charge in [0.25, 0.3) is 0 Å². The highest BCUT2D eigenvalue weighted by Crippen LogP contribution is 2.09. The molecule has 0 spiro atoms. The smallest absolute Gasteiger partial charge is 0.0545 e. The molecule has 84 valence electrons. The number of hydrogen-bond donors (Lipinski definition) is 2. The van der Waals surface area contributed by atoms with Crippen LogP contribution in [0.15, 0.2) is 29.2 Å². The lowest BCUT2D eigenvalue weighted by Gasteiger charge is -2.09. The van der Waals surface area contributed by atoms with Gasteiger partial charge in [-0.05, 0) is 25.5 Å². The van der Waals surface area contributed by atoms with Crippen molar-refractivity contribution in [1.82, 2.24) is 0 Å². The Morgan fingerprint density at radius 1 is 1.40 bits per heavy atom. The van der Waals surface area contributed by atoms with E-state index in [1.54, 1.807) is 0 Å². The molecule has 2 atom stereocenters. The Balaban J connectivity index is 2.57. The molecule has 4 heteroatoms. The summed E-state index contributed by atoms with van der Waals surface area (Å²) in [6.45, 7) is 2.04. The van der Waals surface area contributed by atoms with Crippen LogP contribution in [-0.2, 0) is 10.8 Å². The molecular formula is C11H17NO2S. The maximum atomic E-state index is 11.8. The van der Waals surface area contributed by atoms with Gasteiger partial charge in [0.05, 0.1) is 10.8 Å². The highest BCUT2D eigenvalue weighted by atomic mass is 32.2. The summed E-state index contributed by atoms with van der Waals surface area (Å²) in [6, 6.07) is 7.39. The van der Waals surface area contributed by atoms with Crippen LogP contribution in [0.1, 0.15) is 12.0 Å². The fraction of sp³-hybridized carbons (Fsp3) is 0.455. The van der Waals surface area contributed by atoms with Crippen molar-refractivity contribution in [2.45, 2.75) is 24.3 Å². The van der Waals surface area contributed by atoms with Crippen LogP contribution in [0, 0.1) is 6.92 Å². The van der Waals surface area contributed by atoms with E-state index >= 15 is 0 Å². The van der Waals surface area contributed by atoms with Gasteiger partial charge in [0.1, 0.15) is 0 Å². The standard InChI is InChI=1S/C11H17NO2S/c1-9-2-4-11(5-3-9)15(14)8-10(12)6-7-13/h2-5,10,13H,6-8,12H2,1H3. The normalized spacial score (nSPS) is 14.9. The van der Waals surface area contributed by atoms with E-state index in [-0.39, 0.29) is 12.6 Å². The lowest BCUT2D eigenvalue weighted by atomic mass is 10.2. The van der Waals surface area contributed by atoms with Crippen molar-refractivity contribution >= 4 is 10.8 Å². The van der Waals surface area contributed by atoms with Crippen LogP contribution in [0.3, 0.4) is 0 Å². The zero-order valence-corrected chi connectivity index (χ0v) is 9.67. The zero-order chi connectivity index (χ0) is 11.3. The number of benzene rings is 1. The van der Waals surface area contributed by atoms with E-state index in [9.17, 15) is 4.21 Å². The van der Waals surface area contributed by atoms with Crippen LogP contribution in [0.5, 0.6) is 0 Å². The molecule has 0 saturated heterocycles. The Morgan fingerprint density at radius 2 is 2.00 bits per heavy atom. The summed E-state index contributed by atoms with van der Waals surface area (Å²) in [7, 11) is -1.06. The van der Waals surface area contributed by atoms with Crippen molar-refractivity contribution in [3.8, 4) is 0 Å². The summed E-state index contributed by atoms with van der Waals surface area (Å²) in [6.07, 6.45) is 0.498. The number of aliphatic hydroxyl groups excluding tert-OH is 1. The van der Waals surface area contributed by atoms with Gasteiger partial charge >= 0.3 is 0 Å². The van der Waals surface area contributed by atoms with Crippen LogP contribution in [0.2, 0.25) is 0 Å². The van der Waals surface area contributed by atoms with Crippen molar-refractivity contribution in [2.75, 3.05) is 12.4 Å². The second-order valence-electron chi connectivity index (χ2n) is 3.60. The largest absolute Gasteiger partial charge is 0.396 e. The molecule has 1 aromatic carbocycles. The molecule has 1 rings (SSSR count). The van der Waals surface area contributed by atoms with E-state index in [0.29, 0.717) is 12.2 Å². The molecule has 0 heterocycles. The summed E-state index contributed by atoms with van der Waals surface area (Å²) in [4.78, 5) is 0.800. The van der Waals surface area contributed by atoms with Crippen molar-refractivity contribution in [1.29, 1.82) is 0 Å². The molecule has 3 N–H and O–H groups in total. The van der Waals surface area contributed by atoms with Gasteiger partial charge in [0, 0.05) is 23.3 Å². The Bertz CT molecular complexity index is 324. The Hall–Kier alpha value is -0.710. The molecule has 0 saturated carbocycles. The van der Waals surface area contributed by atoms with Crippen molar-refractivity contribution in [2.24, 2.45) is 5.73 Å². The third-order valence-corrected chi connectivity index (χ3v) is 3.68. The molecular weight excluding hydrogens is 210 g/mol. The summed E-state index contributed by atoms with van der Waals surface area (Å²) in [5.74, 6) is 0.406. The molecule has 1 aromatic rings. The van der Waals surface area contributed by atoms with Crippen molar-refractivity contribution < 1.29 is 9.32 Å². The average Bonchev–Trinajstić information content (AvgIpc) is 2.18. The third kappa shape index (κ3) is 4.11. The number of aryl methyl sites for hydroxylation is 1. The van der Waals surface area contributed by atoms with E-state index in [1.807, 2.05) is 31.2 Å². The van der Waals surface area contributed by atoms with Crippen LogP contribution in [0.4, 0.5) is 0 Å². The summed E-state index contributed by atoms with van der Waals surface area (Å²) in [5.41, 5.74) is 6.85. The van der Waals surface area contributed by atoms with E-state index in [2.05, 4.69) is 0 Å². The first-order chi connectivity index (χ1) is 7.13. The van der Waals surface area contributed by atoms with Gasteiger partial charge in [0.15, 0.2) is 0 Å². The highest BCUT2D eigenvalue weighted by Gasteiger charge is 2.09. The average molecular weight is 227 g/mol. The summed E-state index contributed by atoms with van der Waals surface area (Å²) < 4.78 is 11.8. The van der Waals surface area contributed by atoms with Gasteiger partial charge < -0.3 is 10.8 Å². The molecule has 0 fully saturated rings. The van der Waals surface area contributed by atoms with E-state index < -0.39 is 10.8 Å². The fourth-order valence-corrected chi connectivity index (χ4v) is 2.42. The minimum Gasteiger partial charge on any atom is -0.396 e. The Labute approximate surface area is 92.8 Å². The van der Waals surface area contributed by atoms with Gasteiger partial charge in [-0.2, -0.15) is 0 Å². The quantitative estimate of drug-likeness (QED) is 0.782. The SMILES string of the molecule is Cc1ccc(S(=O)CC(N)CCO)cc1. The van der Waals surface area contributed by atoms with Crippen molar-refractivity contribution in [3.05, 3.63) is 29.8 Å². The highest BCUT2D eigenvalue weighted by molar-refractivity contribution is 7.85. The maximum absolute atomic E-state index is 11.8. The van der Waals surface area contributed by atoms with E-state index in [0.717, 1.165) is 10.5 Å². The second-order valence-corrected chi connectivity index (χ2v) is 5.09. The van der Waals surface area contributed by atoms with Crippen LogP contribution < -0.4 is 5.73 Å². The Kier molecular flexibility index (Phi) is 4.94. The lowest BCUT2D eigenvalue weighted by molar-refractivity contribution is 0.279. The fourth-order valence-electron chi connectivity index (χ4n) is 1.23. The van der Waals surface area contributed by atoms with Crippen LogP contribution >= 0.6 is 0 Å². The second kappa shape index (κ2) is 6.00. The maximum Gasteiger partial charge on any atom is 0.0545 e. The van der Waals surface area contributed by atoms with Crippen LogP contribution in [-0.4, -0.2) is 27.7 Å². The zero-order valence-electron chi connectivity index (χ0n) is 8.85. The van der Waals surface area contributed by atoms with Gasteiger partial charge in [0.2, 0.25) is 0 Å². The number of rotatable bonds is 5. The molecule has 0 aliphatic carbocycles. The predicted octanol–water partition coefficient (Wildman–Crippen LogP) is 0.812. The van der Waals surface area contributed by atoms with Gasteiger partial charge in [-0.3, -0.25) is 4.21 Å². The van der Waals surface area contributed by atoms with Gasteiger partial charge in [-0.15, -0.1) is 0 Å². The number of nitrogens with two attached hydrogens (primary N) is 1. The minimum absolute atomic E-state index is 0.0479. The number of aliphatic hydroxyl groups is 1. The molecule has 0 bridgehead atoms. The first-order valence-corrected chi connectivity index (χ1v) is 6.27. The molecule has 0 amide bonds. The summed E-state index contributed by atoms with van der Waals surface area (Å²) >= 11 is 0. The molecule has 0 aliphatic rings. The summed E-state index contributed by atoms with van der Waals surface area (Å²) in [5, 5.41) is 8.68. The predicted molar refractivity (Wildman–Crippen MR) is 62.1 cm³/mol. The molecule has 2 unspecified atom stereocenters. The van der Waals surface area contributed by atoms with Crippen LogP contribution in [0.25, 0.3) is 0 Å². The molecule has 0 radical (unpaired) electrons. The van der Waals surface area contributed by atoms with E-state index in [4.69, 9.17) is 10.8 Å². The monoisotopic (exact) mass is 227 g/mol. The van der Waals surface area contributed by atoms with E-state index in [1.165, 1.54) is 0 Å². The first-order valence-electron chi connectivity index (χ1n) is 4.95.